The van der Waals surface area contributed by atoms with Crippen LogP contribution in [0.5, 0.6) is 0 Å². The molecule has 3 N–H and O–H groups in total. The number of hydrogen-bond acceptors (Lipinski definition) is 3. The summed E-state index contributed by atoms with van der Waals surface area (Å²) in [5.41, 5.74) is 5.94. The molecule has 0 radical (unpaired) electrons. The van der Waals surface area contributed by atoms with Crippen molar-refractivity contribution >= 4 is 23.4 Å². The largest absolute Gasteiger partial charge is 0.321 e. The number of anilines is 1. The summed E-state index contributed by atoms with van der Waals surface area (Å²) in [5, 5.41) is 2.72. The van der Waals surface area contributed by atoms with Crippen LogP contribution in [0.3, 0.4) is 0 Å². The standard InChI is InChI=1S/C18H17N3O3/c22-16(12-6-2-1-3-7-12)19-15-9-5-4-8-14(15)18(24)21-20-17(23)13-10-11-13/h1-9,13H,10-11H2,(H,19,22)(H,20,23)(H,21,24). The molecule has 6 nitrogen and oxygen atoms in total. The number of hydrogen-bond donors (Lipinski definition) is 3. The highest BCUT2D eigenvalue weighted by Gasteiger charge is 2.29. The van der Waals surface area contributed by atoms with Crippen molar-refractivity contribution in [2.45, 2.75) is 12.8 Å². The highest BCUT2D eigenvalue weighted by Crippen LogP contribution is 2.28. The fourth-order valence-electron chi connectivity index (χ4n) is 2.21. The van der Waals surface area contributed by atoms with Gasteiger partial charge in [-0.15, -0.1) is 0 Å². The van der Waals surface area contributed by atoms with Crippen LogP contribution in [0.25, 0.3) is 0 Å². The average molecular weight is 323 g/mol. The predicted molar refractivity (Wildman–Crippen MR) is 89.2 cm³/mol. The number of amides is 3. The van der Waals surface area contributed by atoms with Crippen molar-refractivity contribution in [3.05, 3.63) is 65.7 Å². The average Bonchev–Trinajstić information content (AvgIpc) is 3.46. The second-order valence-electron chi connectivity index (χ2n) is 5.58. The third-order valence-electron chi connectivity index (χ3n) is 3.70. The van der Waals surface area contributed by atoms with Gasteiger partial charge in [0, 0.05) is 11.5 Å². The Morgan fingerprint density at radius 3 is 2.17 bits per heavy atom. The topological polar surface area (TPSA) is 87.3 Å². The Morgan fingerprint density at radius 2 is 1.46 bits per heavy atom. The van der Waals surface area contributed by atoms with E-state index < -0.39 is 5.91 Å². The molecule has 1 aliphatic carbocycles. The van der Waals surface area contributed by atoms with E-state index in [1.54, 1.807) is 48.5 Å². The highest BCUT2D eigenvalue weighted by atomic mass is 16.2. The molecule has 24 heavy (non-hydrogen) atoms. The van der Waals surface area contributed by atoms with E-state index in [1.165, 1.54) is 0 Å². The van der Waals surface area contributed by atoms with E-state index in [2.05, 4.69) is 16.2 Å². The van der Waals surface area contributed by atoms with Crippen LogP contribution in [0.15, 0.2) is 54.6 Å². The first-order valence-corrected chi connectivity index (χ1v) is 7.71. The number of carbonyl (C=O) groups is 3. The molecule has 0 spiro atoms. The number of rotatable bonds is 4. The molecule has 6 heteroatoms. The monoisotopic (exact) mass is 323 g/mol. The maximum atomic E-state index is 12.3. The molecule has 3 rings (SSSR count). The number of benzene rings is 2. The number of nitrogens with one attached hydrogen (secondary N) is 3. The van der Waals surface area contributed by atoms with Gasteiger partial charge in [-0.3, -0.25) is 25.2 Å². The molecule has 2 aromatic carbocycles. The molecule has 122 valence electrons. The van der Waals surface area contributed by atoms with Gasteiger partial charge in [0.25, 0.3) is 11.8 Å². The van der Waals surface area contributed by atoms with E-state index in [1.807, 2.05) is 6.07 Å². The van der Waals surface area contributed by atoms with E-state index in [9.17, 15) is 14.4 Å². The van der Waals surface area contributed by atoms with Gasteiger partial charge in [-0.2, -0.15) is 0 Å². The first kappa shape index (κ1) is 15.7. The fourth-order valence-corrected chi connectivity index (χ4v) is 2.21. The highest BCUT2D eigenvalue weighted by molar-refractivity contribution is 6.09. The van der Waals surface area contributed by atoms with Gasteiger partial charge in [-0.1, -0.05) is 30.3 Å². The van der Waals surface area contributed by atoms with E-state index >= 15 is 0 Å². The lowest BCUT2D eigenvalue weighted by molar-refractivity contribution is -0.123. The molecule has 2 aromatic rings. The number of para-hydroxylation sites is 1. The molecule has 0 heterocycles. The maximum Gasteiger partial charge on any atom is 0.271 e. The molecule has 0 unspecified atom stereocenters. The first-order chi connectivity index (χ1) is 11.6. The van der Waals surface area contributed by atoms with Gasteiger partial charge in [-0.05, 0) is 37.1 Å². The molecule has 0 aromatic heterocycles. The van der Waals surface area contributed by atoms with Gasteiger partial charge < -0.3 is 5.32 Å². The minimum atomic E-state index is -0.479. The van der Waals surface area contributed by atoms with Crippen LogP contribution < -0.4 is 16.2 Å². The number of carbonyl (C=O) groups excluding carboxylic acids is 3. The van der Waals surface area contributed by atoms with Crippen LogP contribution in [0.4, 0.5) is 5.69 Å². The van der Waals surface area contributed by atoms with Crippen molar-refractivity contribution in [1.29, 1.82) is 0 Å². The van der Waals surface area contributed by atoms with E-state index in [0.717, 1.165) is 12.8 Å². The Bertz CT molecular complexity index is 770. The SMILES string of the molecule is O=C(Nc1ccccc1C(=O)NNC(=O)C1CC1)c1ccccc1. The lowest BCUT2D eigenvalue weighted by Crippen LogP contribution is -2.42. The van der Waals surface area contributed by atoms with Crippen LogP contribution >= 0.6 is 0 Å². The lowest BCUT2D eigenvalue weighted by Gasteiger charge is -2.12. The van der Waals surface area contributed by atoms with Gasteiger partial charge in [0.15, 0.2) is 0 Å². The van der Waals surface area contributed by atoms with Crippen molar-refractivity contribution < 1.29 is 14.4 Å². The third kappa shape index (κ3) is 3.78. The van der Waals surface area contributed by atoms with Crippen molar-refractivity contribution in [3.8, 4) is 0 Å². The molecule has 1 saturated carbocycles. The number of hydrazine groups is 1. The fraction of sp³-hybridized carbons (Fsp3) is 0.167. The summed E-state index contributed by atoms with van der Waals surface area (Å²) in [4.78, 5) is 36.1. The van der Waals surface area contributed by atoms with Crippen LogP contribution in [-0.2, 0) is 4.79 Å². The summed E-state index contributed by atoms with van der Waals surface area (Å²) in [6.45, 7) is 0. The van der Waals surface area contributed by atoms with Gasteiger partial charge in [0.2, 0.25) is 5.91 Å². The van der Waals surface area contributed by atoms with Gasteiger partial charge in [-0.25, -0.2) is 0 Å². The van der Waals surface area contributed by atoms with Crippen molar-refractivity contribution in [1.82, 2.24) is 10.9 Å². The molecule has 1 aliphatic rings. The van der Waals surface area contributed by atoms with Crippen LogP contribution in [0.2, 0.25) is 0 Å². The molecule has 0 atom stereocenters. The van der Waals surface area contributed by atoms with Gasteiger partial charge in [0.1, 0.15) is 0 Å². The molecular formula is C18H17N3O3. The summed E-state index contributed by atoms with van der Waals surface area (Å²) in [6.07, 6.45) is 1.71. The summed E-state index contributed by atoms with van der Waals surface area (Å²) in [6, 6.07) is 15.4. The lowest BCUT2D eigenvalue weighted by atomic mass is 10.1. The van der Waals surface area contributed by atoms with Crippen molar-refractivity contribution in [2.24, 2.45) is 5.92 Å². The second kappa shape index (κ2) is 6.95. The van der Waals surface area contributed by atoms with E-state index in [0.29, 0.717) is 11.3 Å². The van der Waals surface area contributed by atoms with Gasteiger partial charge in [0.05, 0.1) is 11.3 Å². The summed E-state index contributed by atoms with van der Waals surface area (Å²) < 4.78 is 0. The second-order valence-corrected chi connectivity index (χ2v) is 5.58. The van der Waals surface area contributed by atoms with Crippen LogP contribution in [0.1, 0.15) is 33.6 Å². The molecule has 0 bridgehead atoms. The van der Waals surface area contributed by atoms with E-state index in [4.69, 9.17) is 0 Å². The molecule has 0 saturated heterocycles. The molecular weight excluding hydrogens is 306 g/mol. The Morgan fingerprint density at radius 1 is 0.792 bits per heavy atom. The first-order valence-electron chi connectivity index (χ1n) is 7.71. The van der Waals surface area contributed by atoms with Crippen LogP contribution in [-0.4, -0.2) is 17.7 Å². The summed E-state index contributed by atoms with van der Waals surface area (Å²) in [5.74, 6) is -0.974. The maximum absolute atomic E-state index is 12.3. The summed E-state index contributed by atoms with van der Waals surface area (Å²) in [7, 11) is 0. The Labute approximate surface area is 139 Å². The zero-order valence-electron chi connectivity index (χ0n) is 12.9. The predicted octanol–water partition coefficient (Wildman–Crippen LogP) is 2.11. The van der Waals surface area contributed by atoms with Gasteiger partial charge >= 0.3 is 0 Å². The van der Waals surface area contributed by atoms with Crippen LogP contribution in [0, 0.1) is 5.92 Å². The Balaban J connectivity index is 1.69. The Kier molecular flexibility index (Phi) is 4.56. The Hall–Kier alpha value is -3.15. The van der Waals surface area contributed by atoms with Crippen molar-refractivity contribution in [2.75, 3.05) is 5.32 Å². The molecule has 0 aliphatic heterocycles. The van der Waals surface area contributed by atoms with E-state index in [-0.39, 0.29) is 23.3 Å². The normalized spacial score (nSPS) is 13.0. The molecule has 3 amide bonds. The molecule has 1 fully saturated rings. The van der Waals surface area contributed by atoms with Crippen molar-refractivity contribution in [3.63, 3.8) is 0 Å². The quantitative estimate of drug-likeness (QED) is 0.753. The minimum absolute atomic E-state index is 0.00155. The summed E-state index contributed by atoms with van der Waals surface area (Å²) >= 11 is 0. The third-order valence-corrected chi connectivity index (χ3v) is 3.70. The zero-order chi connectivity index (χ0) is 16.9. The smallest absolute Gasteiger partial charge is 0.271 e. The minimum Gasteiger partial charge on any atom is -0.321 e. The zero-order valence-corrected chi connectivity index (χ0v) is 12.9.